The molecule has 2 heterocycles. The average molecular weight is 378 g/mol. The zero-order valence-corrected chi connectivity index (χ0v) is 15.8. The van der Waals surface area contributed by atoms with Crippen LogP contribution in [0.3, 0.4) is 0 Å². The van der Waals surface area contributed by atoms with Gasteiger partial charge in [-0.25, -0.2) is 4.68 Å². The average Bonchev–Trinajstić information content (AvgIpc) is 3.30. The lowest BCUT2D eigenvalue weighted by Crippen LogP contribution is -2.08. The maximum Gasteiger partial charge on any atom is 0.226 e. The molecule has 1 N–H and O–H groups in total. The van der Waals surface area contributed by atoms with Crippen molar-refractivity contribution in [1.29, 1.82) is 0 Å². The van der Waals surface area contributed by atoms with Crippen LogP contribution in [0.15, 0.2) is 53.6 Å². The van der Waals surface area contributed by atoms with Gasteiger partial charge in [-0.2, -0.15) is 5.10 Å². The van der Waals surface area contributed by atoms with Gasteiger partial charge in [-0.15, -0.1) is 15.3 Å². The summed E-state index contributed by atoms with van der Waals surface area (Å²) in [6.07, 6.45) is 1.76. The van der Waals surface area contributed by atoms with Gasteiger partial charge in [-0.05, 0) is 29.8 Å². The third-order valence-corrected chi connectivity index (χ3v) is 4.77. The Hall–Kier alpha value is -3.33. The van der Waals surface area contributed by atoms with Gasteiger partial charge in [0.15, 0.2) is 0 Å². The number of aromatic nitrogens is 5. The number of rotatable bonds is 6. The van der Waals surface area contributed by atoms with Gasteiger partial charge >= 0.3 is 0 Å². The summed E-state index contributed by atoms with van der Waals surface area (Å²) < 4.78 is 1.81. The molecule has 9 heteroatoms. The molecule has 8 nitrogen and oxygen atoms in total. The van der Waals surface area contributed by atoms with Crippen molar-refractivity contribution in [1.82, 2.24) is 25.2 Å². The Bertz CT molecular complexity index is 1060. The Kier molecular flexibility index (Phi) is 4.75. The molecule has 2 aromatic heterocycles. The number of hydrazone groups is 1. The van der Waals surface area contributed by atoms with Gasteiger partial charge in [-0.1, -0.05) is 40.8 Å². The first kappa shape index (κ1) is 17.1. The lowest BCUT2D eigenvalue weighted by atomic mass is 10.2. The number of nitrogens with zero attached hydrogens (tertiary/aromatic N) is 7. The van der Waals surface area contributed by atoms with Crippen LogP contribution in [0.25, 0.3) is 11.0 Å². The lowest BCUT2D eigenvalue weighted by molar-refractivity contribution is 0.662. The molecule has 136 valence electrons. The van der Waals surface area contributed by atoms with E-state index in [4.69, 9.17) is 0 Å². The number of benzene rings is 2. The minimum atomic E-state index is 0.523. The van der Waals surface area contributed by atoms with Crippen molar-refractivity contribution in [2.24, 2.45) is 5.10 Å². The Balaban J connectivity index is 1.39. The molecule has 0 unspecified atom stereocenters. The van der Waals surface area contributed by atoms with Crippen LogP contribution in [0.5, 0.6) is 0 Å². The molecule has 2 aromatic carbocycles. The molecule has 0 saturated carbocycles. The maximum absolute atomic E-state index is 4.23. The molecule has 0 atom stereocenters. The Morgan fingerprint density at radius 1 is 1.07 bits per heavy atom. The van der Waals surface area contributed by atoms with E-state index in [0.29, 0.717) is 11.7 Å². The number of hydrogen-bond acceptors (Lipinski definition) is 8. The summed E-state index contributed by atoms with van der Waals surface area (Å²) in [5, 5.41) is 22.3. The van der Waals surface area contributed by atoms with Crippen LogP contribution in [0.1, 0.15) is 10.6 Å². The van der Waals surface area contributed by atoms with E-state index < -0.39 is 0 Å². The normalized spacial score (nSPS) is 11.3. The predicted octanol–water partition coefficient (Wildman–Crippen LogP) is 2.84. The monoisotopic (exact) mass is 378 g/mol. The molecule has 4 rings (SSSR count). The van der Waals surface area contributed by atoms with Crippen LogP contribution in [0, 0.1) is 0 Å². The molecule has 0 bridgehead atoms. The van der Waals surface area contributed by atoms with Crippen LogP contribution < -0.4 is 10.3 Å². The minimum absolute atomic E-state index is 0.523. The van der Waals surface area contributed by atoms with E-state index in [1.807, 2.05) is 67.3 Å². The van der Waals surface area contributed by atoms with Gasteiger partial charge in [0.25, 0.3) is 0 Å². The third-order valence-electron chi connectivity index (χ3n) is 3.96. The predicted molar refractivity (Wildman–Crippen MR) is 109 cm³/mol. The topological polar surface area (TPSA) is 84.1 Å². The molecule has 0 aliphatic rings. The molecule has 0 spiro atoms. The highest BCUT2D eigenvalue weighted by Gasteiger charge is 2.08. The molecule has 0 aliphatic heterocycles. The van der Waals surface area contributed by atoms with Crippen molar-refractivity contribution in [2.75, 3.05) is 24.4 Å². The van der Waals surface area contributed by atoms with E-state index in [2.05, 4.69) is 35.9 Å². The first-order valence-corrected chi connectivity index (χ1v) is 9.18. The van der Waals surface area contributed by atoms with Crippen molar-refractivity contribution in [3.05, 3.63) is 59.1 Å². The van der Waals surface area contributed by atoms with E-state index in [0.717, 1.165) is 27.3 Å². The largest absolute Gasteiger partial charge is 0.378 e. The molecular weight excluding hydrogens is 360 g/mol. The summed E-state index contributed by atoms with van der Waals surface area (Å²) in [6, 6.07) is 16.0. The lowest BCUT2D eigenvalue weighted by Gasteiger charge is -2.11. The van der Waals surface area contributed by atoms with Gasteiger partial charge in [0, 0.05) is 19.8 Å². The highest BCUT2D eigenvalue weighted by atomic mass is 32.1. The van der Waals surface area contributed by atoms with Gasteiger partial charge < -0.3 is 4.90 Å². The summed E-state index contributed by atoms with van der Waals surface area (Å²) in [7, 11) is 4.03. The molecule has 0 saturated heterocycles. The van der Waals surface area contributed by atoms with Crippen molar-refractivity contribution in [2.45, 2.75) is 6.54 Å². The summed E-state index contributed by atoms with van der Waals surface area (Å²) in [6.45, 7) is 0.523. The van der Waals surface area contributed by atoms with Crippen molar-refractivity contribution in [3.8, 4) is 0 Å². The quantitative estimate of drug-likeness (QED) is 0.410. The summed E-state index contributed by atoms with van der Waals surface area (Å²) in [5.41, 5.74) is 6.92. The van der Waals surface area contributed by atoms with Crippen molar-refractivity contribution in [3.63, 3.8) is 0 Å². The second-order valence-corrected chi connectivity index (χ2v) is 7.15. The zero-order chi connectivity index (χ0) is 18.6. The van der Waals surface area contributed by atoms with Crippen LogP contribution in [-0.2, 0) is 6.54 Å². The van der Waals surface area contributed by atoms with Crippen LogP contribution in [-0.4, -0.2) is 45.5 Å². The molecule has 0 aliphatic carbocycles. The molecule has 4 aromatic rings. The Morgan fingerprint density at radius 3 is 2.70 bits per heavy atom. The number of hydrogen-bond donors (Lipinski definition) is 1. The Morgan fingerprint density at radius 2 is 1.89 bits per heavy atom. The second kappa shape index (κ2) is 7.50. The maximum atomic E-state index is 4.23. The summed E-state index contributed by atoms with van der Waals surface area (Å²) in [5.74, 6) is 0. The SMILES string of the molecule is CN(C)c1ccc(/C=N/Nc2nnc(Cn3nnc4ccccc43)s2)cc1. The molecule has 0 amide bonds. The van der Waals surface area contributed by atoms with E-state index in [9.17, 15) is 0 Å². The summed E-state index contributed by atoms with van der Waals surface area (Å²) >= 11 is 1.44. The number of para-hydroxylation sites is 1. The fourth-order valence-corrected chi connectivity index (χ4v) is 3.22. The van der Waals surface area contributed by atoms with Crippen LogP contribution >= 0.6 is 11.3 Å². The fourth-order valence-electron chi connectivity index (χ4n) is 2.55. The molecule has 0 radical (unpaired) electrons. The van der Waals surface area contributed by atoms with Gasteiger partial charge in [0.1, 0.15) is 10.5 Å². The molecule has 0 fully saturated rings. The van der Waals surface area contributed by atoms with E-state index in [1.165, 1.54) is 11.3 Å². The number of fused-ring (bicyclic) bond motifs is 1. The van der Waals surface area contributed by atoms with E-state index in [1.54, 1.807) is 6.21 Å². The number of anilines is 2. The first-order valence-electron chi connectivity index (χ1n) is 8.36. The Labute approximate surface area is 160 Å². The number of nitrogens with one attached hydrogen (secondary N) is 1. The van der Waals surface area contributed by atoms with Crippen molar-refractivity contribution >= 4 is 39.4 Å². The minimum Gasteiger partial charge on any atom is -0.378 e. The molecular formula is C18H18N8S. The smallest absolute Gasteiger partial charge is 0.226 e. The van der Waals surface area contributed by atoms with Crippen molar-refractivity contribution < 1.29 is 0 Å². The van der Waals surface area contributed by atoms with Gasteiger partial charge in [-0.3, -0.25) is 5.43 Å². The van der Waals surface area contributed by atoms with E-state index >= 15 is 0 Å². The third kappa shape index (κ3) is 3.93. The molecule has 27 heavy (non-hydrogen) atoms. The van der Waals surface area contributed by atoms with Crippen LogP contribution in [0.2, 0.25) is 0 Å². The summed E-state index contributed by atoms with van der Waals surface area (Å²) in [4.78, 5) is 2.06. The zero-order valence-electron chi connectivity index (χ0n) is 14.9. The highest BCUT2D eigenvalue weighted by molar-refractivity contribution is 7.15. The highest BCUT2D eigenvalue weighted by Crippen LogP contribution is 2.18. The van der Waals surface area contributed by atoms with E-state index in [-0.39, 0.29) is 0 Å². The standard InChI is InChI=1S/C18H18N8S/c1-25(2)14-9-7-13(8-10-14)11-19-22-18-23-21-17(27-18)12-26-16-6-4-3-5-15(16)20-24-26/h3-11H,12H2,1-2H3,(H,22,23)/b19-11+. The first-order chi connectivity index (χ1) is 13.2. The van der Waals surface area contributed by atoms with Crippen LogP contribution in [0.4, 0.5) is 10.8 Å². The fraction of sp³-hybridized carbons (Fsp3) is 0.167. The van der Waals surface area contributed by atoms with Gasteiger partial charge in [0.2, 0.25) is 5.13 Å². The second-order valence-electron chi connectivity index (χ2n) is 6.09. The van der Waals surface area contributed by atoms with Gasteiger partial charge in [0.05, 0.1) is 18.3 Å².